The normalized spacial score (nSPS) is 11.3. The molecule has 0 bridgehead atoms. The van der Waals surface area contributed by atoms with Crippen LogP contribution < -0.4 is 5.73 Å². The summed E-state index contributed by atoms with van der Waals surface area (Å²) >= 11 is 2.43. The molecule has 23 heavy (non-hydrogen) atoms. The summed E-state index contributed by atoms with van der Waals surface area (Å²) in [5.41, 5.74) is 12.4. The lowest BCUT2D eigenvalue weighted by Crippen LogP contribution is -1.99. The van der Waals surface area contributed by atoms with Crippen molar-refractivity contribution in [2.24, 2.45) is 5.73 Å². The highest BCUT2D eigenvalue weighted by Gasteiger charge is 2.16. The van der Waals surface area contributed by atoms with Crippen LogP contribution in [-0.4, -0.2) is 11.5 Å². The summed E-state index contributed by atoms with van der Waals surface area (Å²) in [5, 5.41) is 1.37. The van der Waals surface area contributed by atoms with Gasteiger partial charge in [-0.3, -0.25) is 0 Å². The number of hydrogen-bond donors (Lipinski definition) is 2. The van der Waals surface area contributed by atoms with Gasteiger partial charge in [-0.15, -0.1) is 0 Å². The van der Waals surface area contributed by atoms with Crippen molar-refractivity contribution in [3.05, 3.63) is 57.2 Å². The van der Waals surface area contributed by atoms with Crippen molar-refractivity contribution in [1.82, 2.24) is 4.98 Å². The van der Waals surface area contributed by atoms with E-state index in [1.165, 1.54) is 36.9 Å². The second-order valence-electron chi connectivity index (χ2n) is 5.90. The van der Waals surface area contributed by atoms with E-state index in [1.807, 2.05) is 0 Å². The molecule has 0 amide bonds. The Morgan fingerprint density at radius 2 is 1.87 bits per heavy atom. The van der Waals surface area contributed by atoms with Crippen LogP contribution >= 0.6 is 22.6 Å². The Bertz CT molecular complexity index is 805. The Hall–Kier alpha value is -1.33. The largest absolute Gasteiger partial charge is 0.354 e. The summed E-state index contributed by atoms with van der Waals surface area (Å²) in [5.74, 6) is 0. The average Bonchev–Trinajstić information content (AvgIpc) is 2.94. The summed E-state index contributed by atoms with van der Waals surface area (Å²) in [6.07, 6.45) is 4.33. The highest BCUT2D eigenvalue weighted by molar-refractivity contribution is 14.1. The molecule has 3 aromatic rings. The zero-order valence-corrected chi connectivity index (χ0v) is 15.7. The summed E-state index contributed by atoms with van der Waals surface area (Å²) in [4.78, 5) is 3.73. The molecule has 0 radical (unpaired) electrons. The monoisotopic (exact) mass is 418 g/mol. The number of aryl methyl sites for hydroxylation is 2. The molecule has 0 aliphatic heterocycles. The fourth-order valence-corrected chi connectivity index (χ4v) is 3.89. The van der Waals surface area contributed by atoms with E-state index in [-0.39, 0.29) is 0 Å². The first-order valence-electron chi connectivity index (χ1n) is 8.33. The maximum absolute atomic E-state index is 5.69. The van der Waals surface area contributed by atoms with E-state index < -0.39 is 0 Å². The van der Waals surface area contributed by atoms with Gasteiger partial charge in [0.05, 0.1) is 5.69 Å². The van der Waals surface area contributed by atoms with Gasteiger partial charge in [0.1, 0.15) is 0 Å². The number of aromatic amines is 1. The van der Waals surface area contributed by atoms with E-state index in [2.05, 4.69) is 77.0 Å². The summed E-state index contributed by atoms with van der Waals surface area (Å²) in [6, 6.07) is 15.3. The first kappa shape index (κ1) is 16.5. The first-order valence-corrected chi connectivity index (χ1v) is 9.41. The topological polar surface area (TPSA) is 41.8 Å². The maximum atomic E-state index is 5.69. The van der Waals surface area contributed by atoms with Crippen LogP contribution in [-0.2, 0) is 12.8 Å². The minimum absolute atomic E-state index is 0.765. The van der Waals surface area contributed by atoms with Gasteiger partial charge in [-0.25, -0.2) is 0 Å². The zero-order chi connectivity index (χ0) is 16.2. The number of nitrogens with two attached hydrogens (primary N) is 1. The molecule has 2 nitrogen and oxygen atoms in total. The summed E-state index contributed by atoms with van der Waals surface area (Å²) in [6.45, 7) is 2.98. The number of unbranched alkanes of at least 4 members (excludes halogenated alkanes) is 1. The molecule has 1 aromatic heterocycles. The number of rotatable bonds is 6. The van der Waals surface area contributed by atoms with Crippen molar-refractivity contribution < 1.29 is 0 Å². The van der Waals surface area contributed by atoms with Crippen LogP contribution in [0.15, 0.2) is 42.5 Å². The molecule has 0 saturated heterocycles. The fraction of sp³-hybridized carbons (Fsp3) is 0.300. The smallest absolute Gasteiger partial charge is 0.0508 e. The van der Waals surface area contributed by atoms with E-state index >= 15 is 0 Å². The number of H-pyrrole nitrogens is 1. The summed E-state index contributed by atoms with van der Waals surface area (Å²) < 4.78 is 1.29. The van der Waals surface area contributed by atoms with Crippen LogP contribution in [0.3, 0.4) is 0 Å². The van der Waals surface area contributed by atoms with Crippen LogP contribution in [0.5, 0.6) is 0 Å². The quantitative estimate of drug-likeness (QED) is 0.415. The molecule has 0 unspecified atom stereocenters. The minimum Gasteiger partial charge on any atom is -0.354 e. The van der Waals surface area contributed by atoms with E-state index in [1.54, 1.807) is 0 Å². The van der Waals surface area contributed by atoms with Crippen LogP contribution in [0.1, 0.15) is 30.9 Å². The number of para-hydroxylation sites is 1. The summed E-state index contributed by atoms with van der Waals surface area (Å²) in [7, 11) is 0. The molecule has 1 heterocycles. The number of benzene rings is 2. The molecule has 3 rings (SSSR count). The van der Waals surface area contributed by atoms with E-state index in [4.69, 9.17) is 5.73 Å². The maximum Gasteiger partial charge on any atom is 0.0508 e. The standard InChI is InChI=1S/C20H23IN2/c1-2-14-8-7-11-15-16(9-5-6-13-22)20(23-19(14)15)17-10-3-4-12-18(17)21/h3-4,7-8,10-12,23H,2,5-6,9,13,22H2,1H3. The zero-order valence-electron chi connectivity index (χ0n) is 13.5. The van der Waals surface area contributed by atoms with Gasteiger partial charge in [0, 0.05) is 20.0 Å². The van der Waals surface area contributed by atoms with Gasteiger partial charge >= 0.3 is 0 Å². The Balaban J connectivity index is 2.19. The lowest BCUT2D eigenvalue weighted by atomic mass is 9.99. The van der Waals surface area contributed by atoms with Gasteiger partial charge in [0.15, 0.2) is 0 Å². The van der Waals surface area contributed by atoms with Gasteiger partial charge in [0.25, 0.3) is 0 Å². The third kappa shape index (κ3) is 3.31. The molecule has 0 atom stereocenters. The van der Waals surface area contributed by atoms with E-state index in [9.17, 15) is 0 Å². The van der Waals surface area contributed by atoms with Gasteiger partial charge in [0.2, 0.25) is 0 Å². The second-order valence-corrected chi connectivity index (χ2v) is 7.06. The molecule has 0 saturated carbocycles. The van der Waals surface area contributed by atoms with Gasteiger partial charge in [-0.05, 0) is 72.0 Å². The van der Waals surface area contributed by atoms with Crippen molar-refractivity contribution in [1.29, 1.82) is 0 Å². The molecule has 3 heteroatoms. The predicted molar refractivity (Wildman–Crippen MR) is 108 cm³/mol. The lowest BCUT2D eigenvalue weighted by molar-refractivity contribution is 0.748. The molecule has 120 valence electrons. The first-order chi connectivity index (χ1) is 11.3. The molecule has 2 aromatic carbocycles. The van der Waals surface area contributed by atoms with Gasteiger partial charge in [-0.1, -0.05) is 43.3 Å². The second kappa shape index (κ2) is 7.49. The molecular weight excluding hydrogens is 395 g/mol. The number of nitrogens with one attached hydrogen (secondary N) is 1. The van der Waals surface area contributed by atoms with Crippen molar-refractivity contribution in [2.75, 3.05) is 6.54 Å². The Morgan fingerprint density at radius 1 is 1.04 bits per heavy atom. The minimum atomic E-state index is 0.765. The number of hydrogen-bond acceptors (Lipinski definition) is 1. The molecule has 0 fully saturated rings. The predicted octanol–water partition coefficient (Wildman–Crippen LogP) is 5.28. The average molecular weight is 418 g/mol. The SMILES string of the molecule is CCc1cccc2c(CCCCN)c(-c3ccccc3I)[nH]c12. The molecule has 3 N–H and O–H groups in total. The van der Waals surface area contributed by atoms with Crippen molar-refractivity contribution >= 4 is 33.5 Å². The van der Waals surface area contributed by atoms with Crippen LogP contribution in [0.4, 0.5) is 0 Å². The van der Waals surface area contributed by atoms with Crippen LogP contribution in [0, 0.1) is 3.57 Å². The van der Waals surface area contributed by atoms with Gasteiger partial charge < -0.3 is 10.7 Å². The lowest BCUT2D eigenvalue weighted by Gasteiger charge is -2.07. The van der Waals surface area contributed by atoms with E-state index in [0.717, 1.165) is 32.2 Å². The Morgan fingerprint density at radius 3 is 2.61 bits per heavy atom. The van der Waals surface area contributed by atoms with E-state index in [0.29, 0.717) is 0 Å². The third-order valence-electron chi connectivity index (χ3n) is 4.43. The number of halogens is 1. The van der Waals surface area contributed by atoms with Crippen molar-refractivity contribution in [2.45, 2.75) is 32.6 Å². The van der Waals surface area contributed by atoms with Crippen LogP contribution in [0.25, 0.3) is 22.2 Å². The Kier molecular flexibility index (Phi) is 5.38. The van der Waals surface area contributed by atoms with Crippen molar-refractivity contribution in [3.63, 3.8) is 0 Å². The Labute approximate surface area is 151 Å². The number of aromatic nitrogens is 1. The molecule has 0 spiro atoms. The molecule has 0 aliphatic rings. The van der Waals surface area contributed by atoms with Crippen LogP contribution in [0.2, 0.25) is 0 Å². The van der Waals surface area contributed by atoms with Gasteiger partial charge in [-0.2, -0.15) is 0 Å². The highest BCUT2D eigenvalue weighted by atomic mass is 127. The fourth-order valence-electron chi connectivity index (χ4n) is 3.23. The molecule has 0 aliphatic carbocycles. The molecular formula is C20H23IN2. The third-order valence-corrected chi connectivity index (χ3v) is 5.37. The highest BCUT2D eigenvalue weighted by Crippen LogP contribution is 2.35. The van der Waals surface area contributed by atoms with Crippen molar-refractivity contribution in [3.8, 4) is 11.3 Å². The number of fused-ring (bicyclic) bond motifs is 1.